The Balaban J connectivity index is 2.24. The van der Waals surface area contributed by atoms with Crippen molar-refractivity contribution in [2.45, 2.75) is 12.2 Å². The van der Waals surface area contributed by atoms with Gasteiger partial charge in [-0.25, -0.2) is 4.79 Å². The molecule has 15 heavy (non-hydrogen) atoms. The molecule has 0 radical (unpaired) electrons. The number of aliphatic hydroxyl groups excluding tert-OH is 1. The third-order valence-corrected chi connectivity index (χ3v) is 4.12. The standard InChI is InChI=1S/C9H6Br2O4/c10-5-6(11)9(13)15-8(5)7(12)4-2-1-3-14-4/h1-3,7-8,12H/t7-,8+/m1/s1. The van der Waals surface area contributed by atoms with Crippen LogP contribution in [0.4, 0.5) is 0 Å². The van der Waals surface area contributed by atoms with E-state index in [1.54, 1.807) is 12.1 Å². The van der Waals surface area contributed by atoms with Gasteiger partial charge in [-0.15, -0.1) is 0 Å². The number of ether oxygens (including phenoxy) is 1. The van der Waals surface area contributed by atoms with E-state index < -0.39 is 18.2 Å². The molecule has 1 aliphatic heterocycles. The van der Waals surface area contributed by atoms with Crippen molar-refractivity contribution in [3.8, 4) is 0 Å². The zero-order chi connectivity index (χ0) is 11.0. The largest absolute Gasteiger partial charge is 0.466 e. The second kappa shape index (κ2) is 4.11. The number of carbonyl (C=O) groups excluding carboxylic acids is 1. The van der Waals surface area contributed by atoms with Gasteiger partial charge in [0.05, 0.1) is 10.7 Å². The molecule has 0 aliphatic carbocycles. The van der Waals surface area contributed by atoms with Crippen molar-refractivity contribution in [1.29, 1.82) is 0 Å². The monoisotopic (exact) mass is 336 g/mol. The summed E-state index contributed by atoms with van der Waals surface area (Å²) < 4.78 is 10.8. The van der Waals surface area contributed by atoms with Crippen molar-refractivity contribution in [3.05, 3.63) is 33.1 Å². The summed E-state index contributed by atoms with van der Waals surface area (Å²) in [5, 5.41) is 9.86. The number of esters is 1. The lowest BCUT2D eigenvalue weighted by molar-refractivity contribution is -0.143. The van der Waals surface area contributed by atoms with E-state index in [-0.39, 0.29) is 4.48 Å². The predicted molar refractivity (Wildman–Crippen MR) is 58.4 cm³/mol. The van der Waals surface area contributed by atoms with Gasteiger partial charge in [-0.1, -0.05) is 0 Å². The number of hydrogen-bond donors (Lipinski definition) is 1. The summed E-state index contributed by atoms with van der Waals surface area (Å²) in [6.07, 6.45) is -0.312. The van der Waals surface area contributed by atoms with Crippen molar-refractivity contribution in [2.24, 2.45) is 0 Å². The summed E-state index contributed by atoms with van der Waals surface area (Å²) in [6, 6.07) is 3.27. The number of cyclic esters (lactones) is 1. The molecular formula is C9H6Br2O4. The summed E-state index contributed by atoms with van der Waals surface area (Å²) in [6.45, 7) is 0. The van der Waals surface area contributed by atoms with Gasteiger partial charge in [0.25, 0.3) is 0 Å². The van der Waals surface area contributed by atoms with Gasteiger partial charge in [0, 0.05) is 0 Å². The Bertz CT molecular complexity index is 410. The molecule has 6 heteroatoms. The summed E-state index contributed by atoms with van der Waals surface area (Å²) in [4.78, 5) is 11.2. The van der Waals surface area contributed by atoms with Gasteiger partial charge >= 0.3 is 5.97 Å². The normalized spacial score (nSPS) is 23.1. The molecule has 0 unspecified atom stereocenters. The molecular weight excluding hydrogens is 332 g/mol. The molecule has 1 N–H and O–H groups in total. The van der Waals surface area contributed by atoms with Gasteiger partial charge in [-0.2, -0.15) is 0 Å². The summed E-state index contributed by atoms with van der Waals surface area (Å²) in [7, 11) is 0. The number of hydrogen-bond acceptors (Lipinski definition) is 4. The van der Waals surface area contributed by atoms with Crippen LogP contribution in [-0.2, 0) is 9.53 Å². The van der Waals surface area contributed by atoms with E-state index in [1.807, 2.05) is 0 Å². The van der Waals surface area contributed by atoms with Crippen LogP contribution in [0.25, 0.3) is 0 Å². The quantitative estimate of drug-likeness (QED) is 0.841. The molecule has 1 aliphatic rings. The molecule has 0 saturated heterocycles. The first kappa shape index (κ1) is 10.9. The van der Waals surface area contributed by atoms with Gasteiger partial charge in [-0.05, 0) is 44.0 Å². The zero-order valence-electron chi connectivity index (χ0n) is 7.31. The highest BCUT2D eigenvalue weighted by Crippen LogP contribution is 2.37. The molecule has 4 nitrogen and oxygen atoms in total. The molecule has 1 aromatic heterocycles. The average molecular weight is 338 g/mol. The first-order chi connectivity index (χ1) is 7.11. The van der Waals surface area contributed by atoms with Gasteiger partial charge in [0.2, 0.25) is 0 Å². The Labute approximate surface area is 102 Å². The molecule has 1 aromatic rings. The number of halogens is 2. The van der Waals surface area contributed by atoms with E-state index in [1.165, 1.54) is 6.26 Å². The first-order valence-electron chi connectivity index (χ1n) is 4.09. The fourth-order valence-electron chi connectivity index (χ4n) is 1.25. The molecule has 2 atom stereocenters. The second-order valence-electron chi connectivity index (χ2n) is 2.95. The fourth-order valence-corrected chi connectivity index (χ4v) is 2.08. The lowest BCUT2D eigenvalue weighted by Crippen LogP contribution is -2.19. The third kappa shape index (κ3) is 1.89. The molecule has 2 rings (SSSR count). The van der Waals surface area contributed by atoms with Crippen molar-refractivity contribution >= 4 is 37.8 Å². The number of carbonyl (C=O) groups is 1. The van der Waals surface area contributed by atoms with Crippen molar-refractivity contribution in [1.82, 2.24) is 0 Å². The van der Waals surface area contributed by atoms with Crippen molar-refractivity contribution in [2.75, 3.05) is 0 Å². The van der Waals surface area contributed by atoms with Crippen LogP contribution in [0.15, 0.2) is 31.8 Å². The number of rotatable bonds is 2. The van der Waals surface area contributed by atoms with E-state index in [9.17, 15) is 9.90 Å². The Morgan fingerprint density at radius 2 is 2.20 bits per heavy atom. The Morgan fingerprint density at radius 3 is 2.67 bits per heavy atom. The van der Waals surface area contributed by atoms with Gasteiger partial charge in [-0.3, -0.25) is 0 Å². The van der Waals surface area contributed by atoms with E-state index in [0.29, 0.717) is 10.2 Å². The highest BCUT2D eigenvalue weighted by Gasteiger charge is 2.38. The van der Waals surface area contributed by atoms with Crippen LogP contribution in [0.3, 0.4) is 0 Å². The Morgan fingerprint density at radius 1 is 1.47 bits per heavy atom. The molecule has 0 saturated carbocycles. The highest BCUT2D eigenvalue weighted by molar-refractivity contribution is 9.14. The SMILES string of the molecule is O=C1O[C@H]([C@H](O)c2ccco2)C(Br)=C1Br. The lowest BCUT2D eigenvalue weighted by Gasteiger charge is -2.15. The van der Waals surface area contributed by atoms with Crippen LogP contribution < -0.4 is 0 Å². The van der Waals surface area contributed by atoms with Crippen LogP contribution >= 0.6 is 31.9 Å². The lowest BCUT2D eigenvalue weighted by atomic mass is 10.1. The minimum atomic E-state index is -1.01. The minimum Gasteiger partial charge on any atom is -0.466 e. The van der Waals surface area contributed by atoms with Gasteiger partial charge in [0.1, 0.15) is 10.2 Å². The topological polar surface area (TPSA) is 59.7 Å². The van der Waals surface area contributed by atoms with Crippen LogP contribution in [0.2, 0.25) is 0 Å². The van der Waals surface area contributed by atoms with E-state index in [4.69, 9.17) is 9.15 Å². The van der Waals surface area contributed by atoms with Gasteiger partial charge < -0.3 is 14.3 Å². The maximum Gasteiger partial charge on any atom is 0.346 e. The predicted octanol–water partition coefficient (Wildman–Crippen LogP) is 2.24. The molecule has 0 spiro atoms. The smallest absolute Gasteiger partial charge is 0.346 e. The molecule has 0 aromatic carbocycles. The fraction of sp³-hybridized carbons (Fsp3) is 0.222. The van der Waals surface area contributed by atoms with Crippen molar-refractivity contribution in [3.63, 3.8) is 0 Å². The van der Waals surface area contributed by atoms with Crippen LogP contribution in [-0.4, -0.2) is 17.2 Å². The third-order valence-electron chi connectivity index (χ3n) is 1.99. The summed E-state index contributed by atoms with van der Waals surface area (Å²) >= 11 is 6.24. The number of furan rings is 1. The van der Waals surface area contributed by atoms with Crippen LogP contribution in [0.5, 0.6) is 0 Å². The molecule has 0 amide bonds. The maximum absolute atomic E-state index is 11.2. The van der Waals surface area contributed by atoms with Crippen LogP contribution in [0, 0.1) is 0 Å². The average Bonchev–Trinajstić information content (AvgIpc) is 2.82. The second-order valence-corrected chi connectivity index (χ2v) is 4.60. The molecule has 0 fully saturated rings. The highest BCUT2D eigenvalue weighted by atomic mass is 79.9. The maximum atomic E-state index is 11.2. The van der Waals surface area contributed by atoms with Gasteiger partial charge in [0.15, 0.2) is 12.2 Å². The molecule has 80 valence electrons. The molecule has 0 bridgehead atoms. The zero-order valence-corrected chi connectivity index (χ0v) is 10.5. The summed E-state index contributed by atoms with van der Waals surface area (Å²) in [5.74, 6) is -0.149. The Kier molecular flexibility index (Phi) is 2.99. The Hall–Kier alpha value is -0.590. The van der Waals surface area contributed by atoms with E-state index in [0.717, 1.165) is 0 Å². The minimum absolute atomic E-state index is 0.290. The van der Waals surface area contributed by atoms with E-state index >= 15 is 0 Å². The number of aliphatic hydroxyl groups is 1. The summed E-state index contributed by atoms with van der Waals surface area (Å²) in [5.41, 5.74) is 0. The van der Waals surface area contributed by atoms with E-state index in [2.05, 4.69) is 31.9 Å². The van der Waals surface area contributed by atoms with Crippen molar-refractivity contribution < 1.29 is 19.1 Å². The van der Waals surface area contributed by atoms with Crippen LogP contribution in [0.1, 0.15) is 11.9 Å². The first-order valence-corrected chi connectivity index (χ1v) is 5.67. The molecule has 2 heterocycles.